The molecule has 0 spiro atoms. The van der Waals surface area contributed by atoms with E-state index in [-0.39, 0.29) is 5.56 Å². The first-order valence-electron chi connectivity index (χ1n) is 6.42. The van der Waals surface area contributed by atoms with E-state index >= 15 is 0 Å². The van der Waals surface area contributed by atoms with Gasteiger partial charge in [-0.05, 0) is 36.2 Å². The number of nitrogens with one attached hydrogen (secondary N) is 1. The number of hydrogen-bond acceptors (Lipinski definition) is 3. The number of nitrogens with zero attached hydrogens (tertiary/aromatic N) is 1. The molecule has 0 saturated heterocycles. The molecule has 2 aromatic carbocycles. The summed E-state index contributed by atoms with van der Waals surface area (Å²) in [7, 11) is 0. The first-order valence-corrected chi connectivity index (χ1v) is 6.42. The van der Waals surface area contributed by atoms with E-state index in [2.05, 4.69) is 10.5 Å². The molecule has 20 heavy (non-hydrogen) atoms. The van der Waals surface area contributed by atoms with Crippen molar-refractivity contribution in [3.05, 3.63) is 65.7 Å². The van der Waals surface area contributed by atoms with Crippen molar-refractivity contribution in [3.8, 4) is 0 Å². The Labute approximate surface area is 117 Å². The van der Waals surface area contributed by atoms with Crippen LogP contribution in [0.15, 0.2) is 59.7 Å². The molecule has 2 rings (SSSR count). The van der Waals surface area contributed by atoms with E-state index in [0.29, 0.717) is 0 Å². The first kappa shape index (κ1) is 13.8. The standard InChI is InChI=1S/C16H16N2O2/c1-2-15(12-6-4-3-5-7-12)18-17-14-10-8-13(9-11-14)16(19)20/h3-11,17H,2H2,1H3,(H,19,20)/b18-15+. The molecule has 0 heterocycles. The van der Waals surface area contributed by atoms with Crippen molar-refractivity contribution in [3.63, 3.8) is 0 Å². The second-order valence-corrected chi connectivity index (χ2v) is 4.27. The lowest BCUT2D eigenvalue weighted by Gasteiger charge is -2.06. The van der Waals surface area contributed by atoms with Gasteiger partial charge in [-0.2, -0.15) is 5.10 Å². The molecule has 0 atom stereocenters. The smallest absolute Gasteiger partial charge is 0.335 e. The van der Waals surface area contributed by atoms with Gasteiger partial charge < -0.3 is 5.11 Å². The number of hydrogen-bond donors (Lipinski definition) is 2. The third-order valence-electron chi connectivity index (χ3n) is 2.89. The molecule has 0 unspecified atom stereocenters. The van der Waals surface area contributed by atoms with E-state index in [1.165, 1.54) is 0 Å². The van der Waals surface area contributed by atoms with E-state index in [4.69, 9.17) is 5.11 Å². The lowest BCUT2D eigenvalue weighted by molar-refractivity contribution is 0.0697. The van der Waals surface area contributed by atoms with Gasteiger partial charge in [-0.1, -0.05) is 37.3 Å². The van der Waals surface area contributed by atoms with Gasteiger partial charge in [0.15, 0.2) is 0 Å². The van der Waals surface area contributed by atoms with E-state index in [0.717, 1.165) is 23.4 Å². The summed E-state index contributed by atoms with van der Waals surface area (Å²) in [4.78, 5) is 10.8. The van der Waals surface area contributed by atoms with Crippen LogP contribution in [-0.4, -0.2) is 16.8 Å². The van der Waals surface area contributed by atoms with Gasteiger partial charge in [0.1, 0.15) is 0 Å². The van der Waals surface area contributed by atoms with E-state index < -0.39 is 5.97 Å². The fourth-order valence-electron chi connectivity index (χ4n) is 1.80. The van der Waals surface area contributed by atoms with Crippen molar-refractivity contribution < 1.29 is 9.90 Å². The summed E-state index contributed by atoms with van der Waals surface area (Å²) in [5.41, 5.74) is 6.00. The average molecular weight is 268 g/mol. The fraction of sp³-hybridized carbons (Fsp3) is 0.125. The van der Waals surface area contributed by atoms with Crippen LogP contribution in [0, 0.1) is 0 Å². The second-order valence-electron chi connectivity index (χ2n) is 4.27. The van der Waals surface area contributed by atoms with Crippen molar-refractivity contribution in [2.24, 2.45) is 5.10 Å². The van der Waals surface area contributed by atoms with Crippen LogP contribution >= 0.6 is 0 Å². The summed E-state index contributed by atoms with van der Waals surface area (Å²) in [5.74, 6) is -0.932. The lowest BCUT2D eigenvalue weighted by Crippen LogP contribution is -2.03. The predicted molar refractivity (Wildman–Crippen MR) is 80.3 cm³/mol. The summed E-state index contributed by atoms with van der Waals surface area (Å²) < 4.78 is 0. The fourth-order valence-corrected chi connectivity index (χ4v) is 1.80. The third kappa shape index (κ3) is 3.45. The highest BCUT2D eigenvalue weighted by Gasteiger charge is 2.02. The molecular formula is C16H16N2O2. The molecule has 0 aliphatic heterocycles. The molecule has 0 radical (unpaired) electrons. The Morgan fingerprint density at radius 1 is 1.05 bits per heavy atom. The minimum atomic E-state index is -0.932. The number of carboxylic acid groups (broad SMARTS) is 1. The Balaban J connectivity index is 2.12. The zero-order chi connectivity index (χ0) is 14.4. The van der Waals surface area contributed by atoms with Crippen LogP contribution in [0.25, 0.3) is 0 Å². The van der Waals surface area contributed by atoms with Crippen molar-refractivity contribution in [2.45, 2.75) is 13.3 Å². The molecular weight excluding hydrogens is 252 g/mol. The summed E-state index contributed by atoms with van der Waals surface area (Å²) in [5, 5.41) is 13.2. The molecule has 0 aromatic heterocycles. The van der Waals surface area contributed by atoms with E-state index in [1.54, 1.807) is 24.3 Å². The molecule has 0 amide bonds. The second kappa shape index (κ2) is 6.52. The molecule has 0 aliphatic carbocycles. The third-order valence-corrected chi connectivity index (χ3v) is 2.89. The van der Waals surface area contributed by atoms with Crippen molar-refractivity contribution in [1.29, 1.82) is 0 Å². The lowest BCUT2D eigenvalue weighted by atomic mass is 10.1. The van der Waals surface area contributed by atoms with Crippen molar-refractivity contribution >= 4 is 17.4 Å². The van der Waals surface area contributed by atoms with Crippen molar-refractivity contribution in [1.82, 2.24) is 0 Å². The zero-order valence-corrected chi connectivity index (χ0v) is 11.2. The van der Waals surface area contributed by atoms with Crippen LogP contribution in [-0.2, 0) is 0 Å². The maximum atomic E-state index is 10.8. The molecule has 0 bridgehead atoms. The molecule has 2 aromatic rings. The number of hydrazone groups is 1. The number of anilines is 1. The van der Waals surface area contributed by atoms with Crippen LogP contribution in [0.5, 0.6) is 0 Å². The van der Waals surface area contributed by atoms with Crippen LogP contribution in [0.1, 0.15) is 29.3 Å². The maximum Gasteiger partial charge on any atom is 0.335 e. The van der Waals surface area contributed by atoms with E-state index in [1.807, 2.05) is 37.3 Å². The van der Waals surface area contributed by atoms with E-state index in [9.17, 15) is 4.79 Å². The highest BCUT2D eigenvalue weighted by molar-refractivity contribution is 6.00. The Morgan fingerprint density at radius 3 is 2.25 bits per heavy atom. The van der Waals surface area contributed by atoms with Gasteiger partial charge in [0.25, 0.3) is 0 Å². The highest BCUT2D eigenvalue weighted by atomic mass is 16.4. The van der Waals surface area contributed by atoms with Gasteiger partial charge in [0.05, 0.1) is 17.0 Å². The molecule has 2 N–H and O–H groups in total. The molecule has 4 nitrogen and oxygen atoms in total. The van der Waals surface area contributed by atoms with Gasteiger partial charge in [0, 0.05) is 0 Å². The molecule has 0 aliphatic rings. The number of aromatic carboxylic acids is 1. The highest BCUT2D eigenvalue weighted by Crippen LogP contribution is 2.11. The van der Waals surface area contributed by atoms with Crippen LogP contribution < -0.4 is 5.43 Å². The summed E-state index contributed by atoms with van der Waals surface area (Å²) >= 11 is 0. The Hall–Kier alpha value is -2.62. The SMILES string of the molecule is CC/C(=N\Nc1ccc(C(=O)O)cc1)c1ccccc1. The van der Waals surface area contributed by atoms with Gasteiger partial charge in [0.2, 0.25) is 0 Å². The largest absolute Gasteiger partial charge is 0.478 e. The summed E-state index contributed by atoms with van der Waals surface area (Å²) in [6.07, 6.45) is 0.810. The monoisotopic (exact) mass is 268 g/mol. The van der Waals surface area contributed by atoms with Crippen LogP contribution in [0.3, 0.4) is 0 Å². The van der Waals surface area contributed by atoms with Crippen LogP contribution in [0.4, 0.5) is 5.69 Å². The molecule has 4 heteroatoms. The predicted octanol–water partition coefficient (Wildman–Crippen LogP) is 3.61. The number of carbonyl (C=O) groups is 1. The Bertz CT molecular complexity index is 604. The van der Waals surface area contributed by atoms with Gasteiger partial charge in [-0.3, -0.25) is 5.43 Å². The number of benzene rings is 2. The topological polar surface area (TPSA) is 61.7 Å². The number of carboxylic acids is 1. The Kier molecular flexibility index (Phi) is 4.50. The molecule has 0 fully saturated rings. The Morgan fingerprint density at radius 2 is 1.70 bits per heavy atom. The first-order chi connectivity index (χ1) is 9.70. The van der Waals surface area contributed by atoms with Gasteiger partial charge >= 0.3 is 5.97 Å². The molecule has 0 saturated carbocycles. The maximum absolute atomic E-state index is 10.8. The van der Waals surface area contributed by atoms with Gasteiger partial charge in [-0.25, -0.2) is 4.79 Å². The minimum absolute atomic E-state index is 0.262. The summed E-state index contributed by atoms with van der Waals surface area (Å²) in [6, 6.07) is 16.4. The summed E-state index contributed by atoms with van der Waals surface area (Å²) in [6.45, 7) is 2.04. The number of rotatable bonds is 5. The van der Waals surface area contributed by atoms with Crippen molar-refractivity contribution in [2.75, 3.05) is 5.43 Å². The van der Waals surface area contributed by atoms with Crippen LogP contribution in [0.2, 0.25) is 0 Å². The zero-order valence-electron chi connectivity index (χ0n) is 11.2. The van der Waals surface area contributed by atoms with Gasteiger partial charge in [-0.15, -0.1) is 0 Å². The molecule has 102 valence electrons. The quantitative estimate of drug-likeness (QED) is 0.643. The average Bonchev–Trinajstić information content (AvgIpc) is 2.49. The normalized spacial score (nSPS) is 11.2. The minimum Gasteiger partial charge on any atom is -0.478 e.